The summed E-state index contributed by atoms with van der Waals surface area (Å²) < 4.78 is 5.38. The topological polar surface area (TPSA) is 26.3 Å². The minimum Gasteiger partial charge on any atom is -0.494 e. The van der Waals surface area contributed by atoms with Gasteiger partial charge in [0.15, 0.2) is 5.78 Å². The molecule has 0 aliphatic heterocycles. The van der Waals surface area contributed by atoms with Gasteiger partial charge in [-0.25, -0.2) is 0 Å². The molecule has 0 aromatic heterocycles. The lowest BCUT2D eigenvalue weighted by atomic mass is 10.1. The van der Waals surface area contributed by atoms with Crippen LogP contribution in [0.3, 0.4) is 0 Å². The Labute approximate surface area is 129 Å². The van der Waals surface area contributed by atoms with E-state index in [2.05, 4.69) is 0 Å². The second-order valence-electron chi connectivity index (χ2n) is 4.43. The molecule has 0 unspecified atom stereocenters. The number of carbonyl (C=O) groups is 1. The lowest BCUT2D eigenvalue weighted by Gasteiger charge is -2.02. The van der Waals surface area contributed by atoms with Gasteiger partial charge in [0.1, 0.15) is 5.75 Å². The maximum absolute atomic E-state index is 12.1. The third-order valence-electron chi connectivity index (χ3n) is 2.99. The average molecular weight is 298 g/mol. The summed E-state index contributed by atoms with van der Waals surface area (Å²) in [5, 5.41) is 0. The number of thioether (sulfide) groups is 1. The van der Waals surface area contributed by atoms with Crippen LogP contribution < -0.4 is 4.74 Å². The zero-order chi connectivity index (χ0) is 15.1. The van der Waals surface area contributed by atoms with Gasteiger partial charge in [-0.15, -0.1) is 11.8 Å². The van der Waals surface area contributed by atoms with Crippen molar-refractivity contribution in [3.8, 4) is 5.75 Å². The Morgan fingerprint density at radius 3 is 2.33 bits per heavy atom. The Bertz CT molecular complexity index is 613. The minimum atomic E-state index is 0.0107. The Balaban J connectivity index is 2.03. The summed E-state index contributed by atoms with van der Waals surface area (Å²) in [4.78, 5) is 13.2. The van der Waals surface area contributed by atoms with Gasteiger partial charge in [0.05, 0.1) is 6.61 Å². The number of hydrogen-bond donors (Lipinski definition) is 0. The van der Waals surface area contributed by atoms with Crippen molar-refractivity contribution in [1.82, 2.24) is 0 Å². The summed E-state index contributed by atoms with van der Waals surface area (Å²) in [5.41, 5.74) is 1.68. The normalized spacial score (nSPS) is 10.8. The molecule has 0 saturated heterocycles. The van der Waals surface area contributed by atoms with Gasteiger partial charge in [0, 0.05) is 10.5 Å². The third kappa shape index (κ3) is 4.50. The van der Waals surface area contributed by atoms with Gasteiger partial charge in [-0.05, 0) is 61.2 Å². The monoisotopic (exact) mass is 298 g/mol. The summed E-state index contributed by atoms with van der Waals surface area (Å²) in [6.45, 7) is 2.61. The average Bonchev–Trinajstić information content (AvgIpc) is 2.54. The van der Waals surface area contributed by atoms with E-state index in [0.717, 1.165) is 16.2 Å². The highest BCUT2D eigenvalue weighted by molar-refractivity contribution is 7.98. The summed E-state index contributed by atoms with van der Waals surface area (Å²) in [6.07, 6.45) is 5.44. The van der Waals surface area contributed by atoms with E-state index in [1.54, 1.807) is 17.8 Å². The number of benzene rings is 2. The highest BCUT2D eigenvalue weighted by Crippen LogP contribution is 2.16. The van der Waals surface area contributed by atoms with E-state index in [1.165, 1.54) is 0 Å². The lowest BCUT2D eigenvalue weighted by Crippen LogP contribution is -1.93. The van der Waals surface area contributed by atoms with Crippen LogP contribution >= 0.6 is 11.8 Å². The third-order valence-corrected chi connectivity index (χ3v) is 3.74. The van der Waals surface area contributed by atoms with Gasteiger partial charge in [-0.3, -0.25) is 4.79 Å². The Morgan fingerprint density at radius 2 is 1.76 bits per heavy atom. The van der Waals surface area contributed by atoms with Crippen LogP contribution in [0.2, 0.25) is 0 Å². The maximum Gasteiger partial charge on any atom is 0.185 e. The van der Waals surface area contributed by atoms with Gasteiger partial charge in [-0.1, -0.05) is 18.2 Å². The van der Waals surface area contributed by atoms with Crippen LogP contribution in [0.4, 0.5) is 0 Å². The van der Waals surface area contributed by atoms with E-state index in [-0.39, 0.29) is 5.78 Å². The molecular weight excluding hydrogens is 280 g/mol. The molecule has 2 rings (SSSR count). The van der Waals surface area contributed by atoms with Crippen molar-refractivity contribution in [2.75, 3.05) is 12.9 Å². The first-order chi connectivity index (χ1) is 10.2. The predicted molar refractivity (Wildman–Crippen MR) is 89.2 cm³/mol. The van der Waals surface area contributed by atoms with Crippen LogP contribution in [0.5, 0.6) is 5.75 Å². The largest absolute Gasteiger partial charge is 0.494 e. The van der Waals surface area contributed by atoms with E-state index in [0.29, 0.717) is 12.2 Å². The molecule has 0 fully saturated rings. The zero-order valence-electron chi connectivity index (χ0n) is 12.2. The predicted octanol–water partition coefficient (Wildman–Crippen LogP) is 4.70. The smallest absolute Gasteiger partial charge is 0.185 e. The summed E-state index contributed by atoms with van der Waals surface area (Å²) in [7, 11) is 0. The fourth-order valence-corrected chi connectivity index (χ4v) is 2.27. The molecule has 0 heterocycles. The van der Waals surface area contributed by atoms with Crippen LogP contribution in [-0.4, -0.2) is 18.6 Å². The van der Waals surface area contributed by atoms with E-state index in [9.17, 15) is 4.79 Å². The van der Waals surface area contributed by atoms with Gasteiger partial charge in [-0.2, -0.15) is 0 Å². The number of carbonyl (C=O) groups excluding carboxylic acids is 1. The molecule has 2 aromatic rings. The molecule has 0 bridgehead atoms. The van der Waals surface area contributed by atoms with E-state index >= 15 is 0 Å². The van der Waals surface area contributed by atoms with Gasteiger partial charge < -0.3 is 4.74 Å². The molecule has 0 atom stereocenters. The van der Waals surface area contributed by atoms with Crippen LogP contribution in [0.25, 0.3) is 6.08 Å². The van der Waals surface area contributed by atoms with Crippen molar-refractivity contribution in [2.24, 2.45) is 0 Å². The standard InChI is InChI=1S/C18H18O2S/c1-3-20-16-9-4-14(5-10-16)6-13-18(19)15-7-11-17(21-2)12-8-15/h4-13H,3H2,1-2H3/b13-6-. The number of rotatable bonds is 6. The van der Waals surface area contributed by atoms with Crippen molar-refractivity contribution >= 4 is 23.6 Å². The summed E-state index contributed by atoms with van der Waals surface area (Å²) in [5.74, 6) is 0.852. The molecule has 0 radical (unpaired) electrons. The molecule has 0 amide bonds. The van der Waals surface area contributed by atoms with E-state index < -0.39 is 0 Å². The Morgan fingerprint density at radius 1 is 1.10 bits per heavy atom. The summed E-state index contributed by atoms with van der Waals surface area (Å²) >= 11 is 1.66. The molecule has 2 nitrogen and oxygen atoms in total. The number of ketones is 1. The van der Waals surface area contributed by atoms with Crippen molar-refractivity contribution < 1.29 is 9.53 Å². The van der Waals surface area contributed by atoms with Crippen molar-refractivity contribution in [3.05, 3.63) is 65.7 Å². The number of allylic oxidation sites excluding steroid dienone is 1. The fourth-order valence-electron chi connectivity index (χ4n) is 1.87. The number of hydrogen-bond acceptors (Lipinski definition) is 3. The zero-order valence-corrected chi connectivity index (χ0v) is 13.0. The first-order valence-corrected chi connectivity index (χ1v) is 8.04. The van der Waals surface area contributed by atoms with E-state index in [1.807, 2.05) is 67.8 Å². The van der Waals surface area contributed by atoms with Crippen LogP contribution in [0.1, 0.15) is 22.8 Å². The second-order valence-corrected chi connectivity index (χ2v) is 5.31. The van der Waals surface area contributed by atoms with Crippen molar-refractivity contribution in [3.63, 3.8) is 0 Å². The molecule has 0 aliphatic rings. The molecule has 0 N–H and O–H groups in total. The van der Waals surface area contributed by atoms with Crippen LogP contribution in [0.15, 0.2) is 59.5 Å². The molecular formula is C18H18O2S. The number of ether oxygens (including phenoxy) is 1. The minimum absolute atomic E-state index is 0.0107. The quantitative estimate of drug-likeness (QED) is 0.439. The lowest BCUT2D eigenvalue weighted by molar-refractivity contribution is 0.104. The first-order valence-electron chi connectivity index (χ1n) is 6.82. The second kappa shape index (κ2) is 7.70. The van der Waals surface area contributed by atoms with Crippen molar-refractivity contribution in [1.29, 1.82) is 0 Å². The fraction of sp³-hybridized carbons (Fsp3) is 0.167. The Hall–Kier alpha value is -2.00. The van der Waals surface area contributed by atoms with Gasteiger partial charge in [0.2, 0.25) is 0 Å². The highest BCUT2D eigenvalue weighted by Gasteiger charge is 2.01. The molecule has 108 valence electrons. The Kier molecular flexibility index (Phi) is 5.64. The molecule has 0 aliphatic carbocycles. The van der Waals surface area contributed by atoms with Gasteiger partial charge >= 0.3 is 0 Å². The molecule has 0 saturated carbocycles. The van der Waals surface area contributed by atoms with E-state index in [4.69, 9.17) is 4.74 Å². The molecule has 0 spiro atoms. The molecule has 21 heavy (non-hydrogen) atoms. The van der Waals surface area contributed by atoms with Crippen LogP contribution in [0, 0.1) is 0 Å². The van der Waals surface area contributed by atoms with Crippen molar-refractivity contribution in [2.45, 2.75) is 11.8 Å². The summed E-state index contributed by atoms with van der Waals surface area (Å²) in [6, 6.07) is 15.3. The maximum atomic E-state index is 12.1. The SMILES string of the molecule is CCOc1ccc(/C=C\C(=O)c2ccc(SC)cc2)cc1. The molecule has 3 heteroatoms. The first kappa shape index (κ1) is 15.4. The molecule has 2 aromatic carbocycles. The van der Waals surface area contributed by atoms with Crippen LogP contribution in [-0.2, 0) is 0 Å². The van der Waals surface area contributed by atoms with Gasteiger partial charge in [0.25, 0.3) is 0 Å². The highest BCUT2D eigenvalue weighted by atomic mass is 32.2.